The smallest absolute Gasteiger partial charge is 0.429 e. The second-order valence-corrected chi connectivity index (χ2v) is 5.38. The Kier molecular flexibility index (Phi) is 4.87. The number of hydrogen-bond donors (Lipinski definition) is 0. The molecule has 3 rings (SSSR count). The van der Waals surface area contributed by atoms with Crippen molar-refractivity contribution in [1.82, 2.24) is 19.8 Å². The van der Waals surface area contributed by atoms with Crippen LogP contribution >= 0.6 is 0 Å². The van der Waals surface area contributed by atoms with Crippen molar-refractivity contribution in [1.29, 1.82) is 0 Å². The molecule has 1 aromatic carbocycles. The highest BCUT2D eigenvalue weighted by Crippen LogP contribution is 2.26. The molecule has 0 radical (unpaired) electrons. The molecule has 1 aromatic heterocycles. The number of ether oxygens (including phenoxy) is 2. The molecule has 0 atom stereocenters. The van der Waals surface area contributed by atoms with Gasteiger partial charge in [0, 0.05) is 5.56 Å². The summed E-state index contributed by atoms with van der Waals surface area (Å²) in [6.45, 7) is 4.24. The molecule has 0 N–H and O–H groups in total. The lowest BCUT2D eigenvalue weighted by molar-refractivity contribution is -0.0380. The molecule has 8 heteroatoms. The summed E-state index contributed by atoms with van der Waals surface area (Å²) in [6, 6.07) is 9.62. The molecule has 132 valence electrons. The highest BCUT2D eigenvalue weighted by Gasteiger charge is 2.35. The Morgan fingerprint density at radius 2 is 1.60 bits per heavy atom. The molecule has 0 unspecified atom stereocenters. The van der Waals surface area contributed by atoms with Gasteiger partial charge in [-0.3, -0.25) is 0 Å². The van der Waals surface area contributed by atoms with Crippen LogP contribution < -0.4 is 0 Å². The summed E-state index contributed by atoms with van der Waals surface area (Å²) in [6.07, 6.45) is 0.521. The van der Waals surface area contributed by atoms with Gasteiger partial charge < -0.3 is 9.47 Å². The number of amides is 2. The maximum atomic E-state index is 12.3. The molecule has 1 aliphatic rings. The van der Waals surface area contributed by atoms with Crippen molar-refractivity contribution in [3.05, 3.63) is 47.8 Å². The quantitative estimate of drug-likeness (QED) is 0.855. The van der Waals surface area contributed by atoms with Crippen LogP contribution in [0.3, 0.4) is 0 Å². The third kappa shape index (κ3) is 3.28. The minimum Gasteiger partial charge on any atom is -0.448 e. The van der Waals surface area contributed by atoms with Gasteiger partial charge in [-0.25, -0.2) is 24.3 Å². The molecule has 1 aliphatic heterocycles. The molecular weight excluding hydrogens is 324 g/mol. The van der Waals surface area contributed by atoms with E-state index in [9.17, 15) is 9.59 Å². The lowest BCUT2D eigenvalue weighted by Crippen LogP contribution is -2.52. The minimum atomic E-state index is -0.595. The van der Waals surface area contributed by atoms with Crippen LogP contribution in [0.2, 0.25) is 0 Å². The van der Waals surface area contributed by atoms with Gasteiger partial charge in [0.15, 0.2) is 0 Å². The maximum absolute atomic E-state index is 12.3. The molecule has 0 fully saturated rings. The molecule has 25 heavy (non-hydrogen) atoms. The predicted octanol–water partition coefficient (Wildman–Crippen LogP) is 2.72. The number of aromatic nitrogens is 2. The zero-order valence-corrected chi connectivity index (χ0v) is 14.2. The van der Waals surface area contributed by atoms with E-state index in [4.69, 9.17) is 9.47 Å². The average molecular weight is 344 g/mol. The molecule has 2 amide bonds. The highest BCUT2D eigenvalue weighted by atomic mass is 16.6. The Balaban J connectivity index is 1.95. The van der Waals surface area contributed by atoms with Crippen molar-refractivity contribution in [3.8, 4) is 5.69 Å². The van der Waals surface area contributed by atoms with E-state index in [0.717, 1.165) is 16.9 Å². The SMILES string of the molecule is CCOC(=O)N1Cc2cnn(-c3ccccc3)c2CN1C(=O)OCC. The number of carbonyl (C=O) groups is 2. The van der Waals surface area contributed by atoms with E-state index in [2.05, 4.69) is 5.10 Å². The van der Waals surface area contributed by atoms with Crippen LogP contribution in [0.4, 0.5) is 9.59 Å². The first-order valence-corrected chi connectivity index (χ1v) is 8.15. The first-order chi connectivity index (χ1) is 12.2. The summed E-state index contributed by atoms with van der Waals surface area (Å²) in [7, 11) is 0. The van der Waals surface area contributed by atoms with Crippen molar-refractivity contribution >= 4 is 12.2 Å². The molecule has 0 spiro atoms. The molecule has 8 nitrogen and oxygen atoms in total. The monoisotopic (exact) mass is 344 g/mol. The van der Waals surface area contributed by atoms with E-state index < -0.39 is 12.2 Å². The topological polar surface area (TPSA) is 76.9 Å². The Morgan fingerprint density at radius 3 is 2.20 bits per heavy atom. The lowest BCUT2D eigenvalue weighted by Gasteiger charge is -2.36. The summed E-state index contributed by atoms with van der Waals surface area (Å²) in [5.41, 5.74) is 2.58. The Labute approximate surface area is 145 Å². The molecular formula is C17H20N4O4. The summed E-state index contributed by atoms with van der Waals surface area (Å²) >= 11 is 0. The Hall–Kier alpha value is -3.03. The number of hydrazine groups is 1. The number of benzene rings is 1. The summed E-state index contributed by atoms with van der Waals surface area (Å²) < 4.78 is 11.9. The molecule has 0 bridgehead atoms. The maximum Gasteiger partial charge on any atom is 0.429 e. The van der Waals surface area contributed by atoms with Gasteiger partial charge >= 0.3 is 12.2 Å². The van der Waals surface area contributed by atoms with Gasteiger partial charge in [0.25, 0.3) is 0 Å². The van der Waals surface area contributed by atoms with Gasteiger partial charge in [0.1, 0.15) is 0 Å². The molecule has 2 heterocycles. The van der Waals surface area contributed by atoms with Crippen LogP contribution in [0, 0.1) is 0 Å². The van der Waals surface area contributed by atoms with E-state index in [1.165, 1.54) is 10.0 Å². The lowest BCUT2D eigenvalue weighted by atomic mass is 10.2. The minimum absolute atomic E-state index is 0.169. The van der Waals surface area contributed by atoms with Crippen LogP contribution in [0.15, 0.2) is 36.5 Å². The van der Waals surface area contributed by atoms with Gasteiger partial charge in [-0.2, -0.15) is 5.10 Å². The second-order valence-electron chi connectivity index (χ2n) is 5.38. The number of nitrogens with zero attached hydrogens (tertiary/aromatic N) is 4. The fourth-order valence-electron chi connectivity index (χ4n) is 2.70. The van der Waals surface area contributed by atoms with Gasteiger partial charge in [-0.1, -0.05) is 18.2 Å². The first-order valence-electron chi connectivity index (χ1n) is 8.15. The summed E-state index contributed by atoms with van der Waals surface area (Å²) in [5, 5.41) is 6.91. The zero-order chi connectivity index (χ0) is 17.8. The van der Waals surface area contributed by atoms with Crippen LogP contribution in [-0.4, -0.2) is 45.2 Å². The molecule has 2 aromatic rings. The van der Waals surface area contributed by atoms with Gasteiger partial charge in [-0.15, -0.1) is 0 Å². The normalized spacial score (nSPS) is 13.4. The fraction of sp³-hybridized carbons (Fsp3) is 0.353. The van der Waals surface area contributed by atoms with Gasteiger partial charge in [0.05, 0.1) is 43.9 Å². The summed E-state index contributed by atoms with van der Waals surface area (Å²) in [5.74, 6) is 0. The van der Waals surface area contributed by atoms with Crippen molar-refractivity contribution in [2.75, 3.05) is 13.2 Å². The average Bonchev–Trinajstić information content (AvgIpc) is 3.04. The Bertz CT molecular complexity index is 759. The van der Waals surface area contributed by atoms with Gasteiger partial charge in [-0.05, 0) is 26.0 Å². The van der Waals surface area contributed by atoms with E-state index >= 15 is 0 Å². The predicted molar refractivity (Wildman–Crippen MR) is 88.7 cm³/mol. The van der Waals surface area contributed by atoms with Crippen LogP contribution in [-0.2, 0) is 22.6 Å². The molecule has 0 saturated heterocycles. The van der Waals surface area contributed by atoms with E-state index in [-0.39, 0.29) is 26.3 Å². The standard InChI is InChI=1S/C17H20N4O4/c1-3-24-16(22)19-11-13-10-18-21(14-8-6-5-7-9-14)15(13)12-20(19)17(23)25-4-2/h5-10H,3-4,11-12H2,1-2H3. The van der Waals surface area contributed by atoms with Crippen LogP contribution in [0.5, 0.6) is 0 Å². The van der Waals surface area contributed by atoms with Crippen molar-refractivity contribution < 1.29 is 19.1 Å². The largest absolute Gasteiger partial charge is 0.448 e. The van der Waals surface area contributed by atoms with Crippen molar-refractivity contribution in [3.63, 3.8) is 0 Å². The van der Waals surface area contributed by atoms with Crippen molar-refractivity contribution in [2.24, 2.45) is 0 Å². The highest BCUT2D eigenvalue weighted by molar-refractivity contribution is 5.74. The first kappa shape index (κ1) is 16.8. The number of hydrogen-bond acceptors (Lipinski definition) is 5. The number of fused-ring (bicyclic) bond motifs is 1. The Morgan fingerprint density at radius 1 is 1.00 bits per heavy atom. The number of carbonyl (C=O) groups excluding carboxylic acids is 2. The van der Waals surface area contributed by atoms with Gasteiger partial charge in [0.2, 0.25) is 0 Å². The fourth-order valence-corrected chi connectivity index (χ4v) is 2.70. The number of rotatable bonds is 3. The summed E-state index contributed by atoms with van der Waals surface area (Å²) in [4.78, 5) is 24.6. The van der Waals surface area contributed by atoms with Crippen molar-refractivity contribution in [2.45, 2.75) is 26.9 Å². The molecule has 0 aliphatic carbocycles. The second kappa shape index (κ2) is 7.25. The van der Waals surface area contributed by atoms with E-state index in [1.54, 1.807) is 24.7 Å². The molecule has 0 saturated carbocycles. The zero-order valence-electron chi connectivity index (χ0n) is 14.2. The van der Waals surface area contributed by atoms with E-state index in [0.29, 0.717) is 0 Å². The number of para-hydroxylation sites is 1. The van der Waals surface area contributed by atoms with Crippen LogP contribution in [0.25, 0.3) is 5.69 Å². The van der Waals surface area contributed by atoms with Crippen LogP contribution in [0.1, 0.15) is 25.1 Å². The third-order valence-corrected chi connectivity index (χ3v) is 3.82. The third-order valence-electron chi connectivity index (χ3n) is 3.82. The van der Waals surface area contributed by atoms with E-state index in [1.807, 2.05) is 30.3 Å².